The Hall–Kier alpha value is -0.610. The van der Waals surface area contributed by atoms with Gasteiger partial charge in [0.1, 0.15) is 6.61 Å². The molecule has 1 N–H and O–H groups in total. The average molecular weight is 240 g/mol. The highest BCUT2D eigenvalue weighted by atomic mass is 16.5. The highest BCUT2D eigenvalue weighted by molar-refractivity contribution is 5.77. The molecule has 2 heterocycles. The zero-order chi connectivity index (χ0) is 12.3. The Balaban J connectivity index is 1.76. The van der Waals surface area contributed by atoms with Gasteiger partial charge in [-0.3, -0.25) is 4.79 Å². The van der Waals surface area contributed by atoms with Gasteiger partial charge in [-0.2, -0.15) is 0 Å². The molecule has 1 amide bonds. The predicted octanol–water partition coefficient (Wildman–Crippen LogP) is 1.01. The molecule has 0 aromatic carbocycles. The molecule has 0 bridgehead atoms. The summed E-state index contributed by atoms with van der Waals surface area (Å²) in [5, 5.41) is 3.44. The van der Waals surface area contributed by atoms with Crippen molar-refractivity contribution in [3.05, 3.63) is 0 Å². The summed E-state index contributed by atoms with van der Waals surface area (Å²) in [4.78, 5) is 13.9. The molecule has 2 rings (SSSR count). The molecule has 0 radical (unpaired) electrons. The van der Waals surface area contributed by atoms with Crippen LogP contribution in [0.5, 0.6) is 0 Å². The van der Waals surface area contributed by atoms with Gasteiger partial charge in [0.15, 0.2) is 0 Å². The summed E-state index contributed by atoms with van der Waals surface area (Å²) in [7, 11) is 0. The van der Waals surface area contributed by atoms with Crippen molar-refractivity contribution in [2.75, 3.05) is 32.8 Å². The van der Waals surface area contributed by atoms with E-state index in [1.165, 1.54) is 6.42 Å². The maximum Gasteiger partial charge on any atom is 0.248 e. The van der Waals surface area contributed by atoms with Gasteiger partial charge in [-0.15, -0.1) is 0 Å². The summed E-state index contributed by atoms with van der Waals surface area (Å²) in [5.41, 5.74) is 0.482. The van der Waals surface area contributed by atoms with Gasteiger partial charge in [0.05, 0.1) is 6.10 Å². The van der Waals surface area contributed by atoms with Crippen molar-refractivity contribution in [3.8, 4) is 0 Å². The van der Waals surface area contributed by atoms with Crippen molar-refractivity contribution in [1.82, 2.24) is 10.2 Å². The monoisotopic (exact) mass is 240 g/mol. The van der Waals surface area contributed by atoms with Crippen LogP contribution in [-0.2, 0) is 9.53 Å². The summed E-state index contributed by atoms with van der Waals surface area (Å²) >= 11 is 0. The van der Waals surface area contributed by atoms with Gasteiger partial charge in [0, 0.05) is 19.6 Å². The molecule has 98 valence electrons. The molecule has 17 heavy (non-hydrogen) atoms. The molecule has 2 aliphatic heterocycles. The number of ether oxygens (including phenoxy) is 1. The Bertz CT molecular complexity index is 263. The summed E-state index contributed by atoms with van der Waals surface area (Å²) < 4.78 is 5.37. The van der Waals surface area contributed by atoms with E-state index in [1.54, 1.807) is 0 Å². The number of hydrogen-bond acceptors (Lipinski definition) is 3. The van der Waals surface area contributed by atoms with Gasteiger partial charge in [-0.1, -0.05) is 0 Å². The van der Waals surface area contributed by atoms with E-state index in [9.17, 15) is 4.79 Å². The smallest absolute Gasteiger partial charge is 0.248 e. The van der Waals surface area contributed by atoms with E-state index in [0.717, 1.165) is 39.0 Å². The van der Waals surface area contributed by atoms with Crippen LogP contribution in [0.15, 0.2) is 0 Å². The quantitative estimate of drug-likeness (QED) is 0.800. The zero-order valence-electron chi connectivity index (χ0n) is 11.0. The number of rotatable bonds is 3. The van der Waals surface area contributed by atoms with Gasteiger partial charge in [-0.25, -0.2) is 0 Å². The van der Waals surface area contributed by atoms with E-state index in [2.05, 4.69) is 5.32 Å². The first-order valence-corrected chi connectivity index (χ1v) is 6.71. The predicted molar refractivity (Wildman–Crippen MR) is 66.8 cm³/mol. The molecule has 2 saturated heterocycles. The minimum absolute atomic E-state index is 0.133. The fourth-order valence-electron chi connectivity index (χ4n) is 2.78. The first-order valence-electron chi connectivity index (χ1n) is 6.71. The molecule has 0 aliphatic carbocycles. The molecule has 0 aromatic rings. The molecule has 4 nitrogen and oxygen atoms in total. The summed E-state index contributed by atoms with van der Waals surface area (Å²) in [6, 6.07) is 0. The minimum atomic E-state index is 0.133. The molecule has 0 atom stereocenters. The number of nitrogens with one attached hydrogen (secondary N) is 1. The number of likely N-dealkylation sites (tertiary alicyclic amines) is 1. The Morgan fingerprint density at radius 2 is 2.06 bits per heavy atom. The van der Waals surface area contributed by atoms with E-state index in [-0.39, 0.29) is 18.6 Å². The number of carbonyl (C=O) groups excluding carboxylic acids is 1. The van der Waals surface area contributed by atoms with Crippen LogP contribution in [-0.4, -0.2) is 49.7 Å². The van der Waals surface area contributed by atoms with Crippen molar-refractivity contribution in [2.45, 2.75) is 39.2 Å². The van der Waals surface area contributed by atoms with Crippen LogP contribution >= 0.6 is 0 Å². The number of hydrogen-bond donors (Lipinski definition) is 1. The van der Waals surface area contributed by atoms with Gasteiger partial charge in [0.25, 0.3) is 0 Å². The summed E-state index contributed by atoms with van der Waals surface area (Å²) in [6.45, 7) is 8.25. The molecular formula is C13H24N2O2. The van der Waals surface area contributed by atoms with E-state index < -0.39 is 0 Å². The van der Waals surface area contributed by atoms with Crippen molar-refractivity contribution in [2.24, 2.45) is 5.41 Å². The normalized spacial score (nSPS) is 23.6. The lowest BCUT2D eigenvalue weighted by Crippen LogP contribution is -2.45. The van der Waals surface area contributed by atoms with Crippen LogP contribution in [0.25, 0.3) is 0 Å². The molecule has 2 fully saturated rings. The topological polar surface area (TPSA) is 41.6 Å². The number of amides is 1. The highest BCUT2D eigenvalue weighted by Gasteiger charge is 2.37. The second-order valence-corrected chi connectivity index (χ2v) is 5.67. The largest absolute Gasteiger partial charge is 0.369 e. The van der Waals surface area contributed by atoms with E-state index >= 15 is 0 Å². The molecule has 0 saturated carbocycles. The minimum Gasteiger partial charge on any atom is -0.369 e. The lowest BCUT2D eigenvalue weighted by atomic mass is 9.78. The van der Waals surface area contributed by atoms with E-state index in [0.29, 0.717) is 5.41 Å². The molecule has 4 heteroatoms. The van der Waals surface area contributed by atoms with Crippen LogP contribution in [0, 0.1) is 5.41 Å². The number of carbonyl (C=O) groups is 1. The maximum absolute atomic E-state index is 11.9. The van der Waals surface area contributed by atoms with E-state index in [4.69, 9.17) is 4.74 Å². The van der Waals surface area contributed by atoms with Gasteiger partial charge >= 0.3 is 0 Å². The van der Waals surface area contributed by atoms with Gasteiger partial charge in [0.2, 0.25) is 5.91 Å². The van der Waals surface area contributed by atoms with Crippen LogP contribution in [0.4, 0.5) is 0 Å². The van der Waals surface area contributed by atoms with E-state index in [1.807, 2.05) is 18.7 Å². The lowest BCUT2D eigenvalue weighted by Gasteiger charge is -2.38. The number of nitrogens with zero attached hydrogens (tertiary/aromatic N) is 1. The fraction of sp³-hybridized carbons (Fsp3) is 0.923. The van der Waals surface area contributed by atoms with Crippen LogP contribution < -0.4 is 5.32 Å². The summed E-state index contributed by atoms with van der Waals surface area (Å²) in [6.07, 6.45) is 3.70. The van der Waals surface area contributed by atoms with Crippen molar-refractivity contribution >= 4 is 5.91 Å². The Kier molecular flexibility index (Phi) is 4.05. The standard InChI is InChI=1S/C13H24N2O2/c1-11(2)17-9-12(16)15-7-4-13(5-8-15)3-6-14-10-13/h11,14H,3-10H2,1-2H3. The summed E-state index contributed by atoms with van der Waals surface area (Å²) in [5.74, 6) is 0.152. The first-order chi connectivity index (χ1) is 8.11. The third kappa shape index (κ3) is 3.19. The third-order valence-corrected chi connectivity index (χ3v) is 4.05. The van der Waals surface area contributed by atoms with Gasteiger partial charge < -0.3 is 15.0 Å². The van der Waals surface area contributed by atoms with Crippen molar-refractivity contribution < 1.29 is 9.53 Å². The molecule has 1 spiro atoms. The first kappa shape index (κ1) is 12.8. The maximum atomic E-state index is 11.9. The van der Waals surface area contributed by atoms with Gasteiger partial charge in [-0.05, 0) is 45.1 Å². The number of piperidine rings is 1. The van der Waals surface area contributed by atoms with Crippen LogP contribution in [0.3, 0.4) is 0 Å². The Labute approximate surface area is 104 Å². The SMILES string of the molecule is CC(C)OCC(=O)N1CCC2(CCNC2)CC1. The lowest BCUT2D eigenvalue weighted by molar-refractivity contribution is -0.139. The third-order valence-electron chi connectivity index (χ3n) is 4.05. The van der Waals surface area contributed by atoms with Crippen molar-refractivity contribution in [3.63, 3.8) is 0 Å². The molecule has 2 aliphatic rings. The Morgan fingerprint density at radius 3 is 2.59 bits per heavy atom. The molecular weight excluding hydrogens is 216 g/mol. The second kappa shape index (κ2) is 5.36. The zero-order valence-corrected chi connectivity index (χ0v) is 11.0. The Morgan fingerprint density at radius 1 is 1.35 bits per heavy atom. The van der Waals surface area contributed by atoms with Crippen molar-refractivity contribution in [1.29, 1.82) is 0 Å². The fourth-order valence-corrected chi connectivity index (χ4v) is 2.78. The average Bonchev–Trinajstić information content (AvgIpc) is 2.75. The molecule has 0 aromatic heterocycles. The van der Waals surface area contributed by atoms with Crippen LogP contribution in [0.1, 0.15) is 33.1 Å². The second-order valence-electron chi connectivity index (χ2n) is 5.67. The molecule has 0 unspecified atom stereocenters. The van der Waals surface area contributed by atoms with Crippen LogP contribution in [0.2, 0.25) is 0 Å². The highest BCUT2D eigenvalue weighted by Crippen LogP contribution is 2.36.